The monoisotopic (exact) mass is 217 g/mol. The van der Waals surface area contributed by atoms with Gasteiger partial charge in [-0.05, 0) is 6.42 Å². The number of nitrogens with two attached hydrogens (primary N) is 1. The van der Waals surface area contributed by atoms with E-state index in [9.17, 15) is 0 Å². The number of likely N-dealkylation sites (tertiary alicyclic amines) is 1. The first-order valence-corrected chi connectivity index (χ1v) is 5.57. The number of hydrogen-bond donors (Lipinski definition) is 1. The summed E-state index contributed by atoms with van der Waals surface area (Å²) in [5.41, 5.74) is 6.86. The van der Waals surface area contributed by atoms with E-state index >= 15 is 0 Å². The minimum Gasteiger partial charge on any atom is -0.326 e. The Balaban J connectivity index is 1.91. The molecule has 1 aliphatic rings. The van der Waals surface area contributed by atoms with Crippen molar-refractivity contribution in [2.24, 2.45) is 5.73 Å². The fraction of sp³-hybridized carbons (Fsp3) is 0.625. The predicted octanol–water partition coefficient (Wildman–Crippen LogP) is 1.33. The summed E-state index contributed by atoms with van der Waals surface area (Å²) >= 11 is 7.22. The average molecular weight is 218 g/mol. The molecule has 1 aliphatic heterocycles. The van der Waals surface area contributed by atoms with Gasteiger partial charge < -0.3 is 5.73 Å². The maximum atomic E-state index is 5.80. The largest absolute Gasteiger partial charge is 0.326 e. The van der Waals surface area contributed by atoms with Crippen LogP contribution in [0.1, 0.15) is 12.1 Å². The Labute approximate surface area is 86.5 Å². The molecule has 1 atom stereocenters. The van der Waals surface area contributed by atoms with Gasteiger partial charge in [-0.2, -0.15) is 0 Å². The lowest BCUT2D eigenvalue weighted by atomic mass is 10.3. The SMILES string of the molecule is N[C@H]1CCN(Cc2csc(Cl)n2)C1. The Bertz CT molecular complexity index is 289. The number of halogens is 1. The second-order valence-electron chi connectivity index (χ2n) is 3.38. The number of rotatable bonds is 2. The van der Waals surface area contributed by atoms with E-state index in [-0.39, 0.29) is 0 Å². The zero-order valence-electron chi connectivity index (χ0n) is 7.24. The number of nitrogens with zero attached hydrogens (tertiary/aromatic N) is 2. The van der Waals surface area contributed by atoms with E-state index in [1.807, 2.05) is 5.38 Å². The highest BCUT2D eigenvalue weighted by atomic mass is 35.5. The van der Waals surface area contributed by atoms with E-state index < -0.39 is 0 Å². The van der Waals surface area contributed by atoms with Crippen LogP contribution in [0.4, 0.5) is 0 Å². The molecule has 0 aromatic carbocycles. The topological polar surface area (TPSA) is 42.1 Å². The van der Waals surface area contributed by atoms with Crippen molar-refractivity contribution in [1.82, 2.24) is 9.88 Å². The van der Waals surface area contributed by atoms with Gasteiger partial charge in [-0.15, -0.1) is 11.3 Å². The molecule has 1 fully saturated rings. The van der Waals surface area contributed by atoms with E-state index in [0.717, 1.165) is 31.7 Å². The van der Waals surface area contributed by atoms with Crippen molar-refractivity contribution in [3.8, 4) is 0 Å². The van der Waals surface area contributed by atoms with Gasteiger partial charge in [0.15, 0.2) is 4.47 Å². The van der Waals surface area contributed by atoms with Crippen LogP contribution in [0.3, 0.4) is 0 Å². The molecule has 13 heavy (non-hydrogen) atoms. The number of thiazole rings is 1. The molecule has 2 heterocycles. The Kier molecular flexibility index (Phi) is 2.83. The van der Waals surface area contributed by atoms with Gasteiger partial charge in [-0.1, -0.05) is 11.6 Å². The average Bonchev–Trinajstić information content (AvgIpc) is 2.62. The van der Waals surface area contributed by atoms with E-state index in [2.05, 4.69) is 9.88 Å². The van der Waals surface area contributed by atoms with Crippen LogP contribution >= 0.6 is 22.9 Å². The summed E-state index contributed by atoms with van der Waals surface area (Å²) in [6.07, 6.45) is 1.10. The molecule has 0 bridgehead atoms. The molecule has 0 amide bonds. The lowest BCUT2D eigenvalue weighted by Crippen LogP contribution is -2.26. The van der Waals surface area contributed by atoms with E-state index in [4.69, 9.17) is 17.3 Å². The van der Waals surface area contributed by atoms with Crippen LogP contribution in [-0.2, 0) is 6.54 Å². The molecule has 72 valence electrons. The summed E-state index contributed by atoms with van der Waals surface area (Å²) < 4.78 is 0.624. The zero-order valence-corrected chi connectivity index (χ0v) is 8.81. The van der Waals surface area contributed by atoms with E-state index in [1.54, 1.807) is 0 Å². The Hall–Kier alpha value is -0.160. The van der Waals surface area contributed by atoms with Crippen LogP contribution in [0.2, 0.25) is 4.47 Å². The van der Waals surface area contributed by atoms with Crippen molar-refractivity contribution >= 4 is 22.9 Å². The molecule has 0 spiro atoms. The van der Waals surface area contributed by atoms with Gasteiger partial charge in [-0.3, -0.25) is 4.90 Å². The Morgan fingerprint density at radius 3 is 3.15 bits per heavy atom. The van der Waals surface area contributed by atoms with Gasteiger partial charge in [0, 0.05) is 31.1 Å². The minimum absolute atomic E-state index is 0.342. The van der Waals surface area contributed by atoms with Crippen LogP contribution in [0.25, 0.3) is 0 Å². The summed E-state index contributed by atoms with van der Waals surface area (Å²) in [6.45, 7) is 2.95. The highest BCUT2D eigenvalue weighted by Gasteiger charge is 2.19. The molecule has 0 saturated carbocycles. The van der Waals surface area contributed by atoms with Gasteiger partial charge in [0.1, 0.15) is 0 Å². The summed E-state index contributed by atoms with van der Waals surface area (Å²) in [7, 11) is 0. The van der Waals surface area contributed by atoms with Crippen molar-refractivity contribution in [1.29, 1.82) is 0 Å². The van der Waals surface area contributed by atoms with Crippen LogP contribution in [0, 0.1) is 0 Å². The summed E-state index contributed by atoms with van der Waals surface area (Å²) in [6, 6.07) is 0.342. The zero-order chi connectivity index (χ0) is 9.26. The van der Waals surface area contributed by atoms with Crippen molar-refractivity contribution in [3.63, 3.8) is 0 Å². The molecule has 2 N–H and O–H groups in total. The van der Waals surface area contributed by atoms with Crippen molar-refractivity contribution in [2.45, 2.75) is 19.0 Å². The van der Waals surface area contributed by atoms with Gasteiger partial charge in [0.05, 0.1) is 5.69 Å². The molecule has 0 unspecified atom stereocenters. The first-order chi connectivity index (χ1) is 6.24. The maximum Gasteiger partial charge on any atom is 0.183 e. The van der Waals surface area contributed by atoms with E-state index in [0.29, 0.717) is 10.5 Å². The van der Waals surface area contributed by atoms with Gasteiger partial charge in [-0.25, -0.2) is 4.98 Å². The summed E-state index contributed by atoms with van der Waals surface area (Å²) in [5, 5.41) is 2.01. The molecule has 1 saturated heterocycles. The van der Waals surface area contributed by atoms with Crippen LogP contribution < -0.4 is 5.73 Å². The Morgan fingerprint density at radius 2 is 2.62 bits per heavy atom. The molecule has 3 nitrogen and oxygen atoms in total. The maximum absolute atomic E-state index is 5.80. The standard InChI is InChI=1S/C8H12ClN3S/c9-8-11-7(5-13-8)4-12-2-1-6(10)3-12/h5-6H,1-4,10H2/t6-/m0/s1. The fourth-order valence-corrected chi connectivity index (χ4v) is 2.36. The molecule has 0 aliphatic carbocycles. The fourth-order valence-electron chi connectivity index (χ4n) is 1.59. The molecule has 2 rings (SSSR count). The molecular formula is C8H12ClN3S. The molecule has 0 radical (unpaired) electrons. The first-order valence-electron chi connectivity index (χ1n) is 4.32. The van der Waals surface area contributed by atoms with Crippen LogP contribution in [0.15, 0.2) is 5.38 Å². The third kappa shape index (κ3) is 2.40. The third-order valence-electron chi connectivity index (χ3n) is 2.22. The molecular weight excluding hydrogens is 206 g/mol. The summed E-state index contributed by atoms with van der Waals surface area (Å²) in [4.78, 5) is 6.52. The van der Waals surface area contributed by atoms with Crippen molar-refractivity contribution < 1.29 is 0 Å². The number of aromatic nitrogens is 1. The summed E-state index contributed by atoms with van der Waals surface area (Å²) in [5.74, 6) is 0. The quantitative estimate of drug-likeness (QED) is 0.813. The van der Waals surface area contributed by atoms with Gasteiger partial charge >= 0.3 is 0 Å². The first kappa shape index (κ1) is 9.40. The van der Waals surface area contributed by atoms with Crippen molar-refractivity contribution in [2.75, 3.05) is 13.1 Å². The second kappa shape index (κ2) is 3.92. The van der Waals surface area contributed by atoms with Crippen molar-refractivity contribution in [3.05, 3.63) is 15.5 Å². The van der Waals surface area contributed by atoms with E-state index in [1.165, 1.54) is 11.3 Å². The third-order valence-corrected chi connectivity index (χ3v) is 3.25. The number of hydrogen-bond acceptors (Lipinski definition) is 4. The minimum atomic E-state index is 0.342. The highest BCUT2D eigenvalue weighted by molar-refractivity contribution is 7.13. The smallest absolute Gasteiger partial charge is 0.183 e. The second-order valence-corrected chi connectivity index (χ2v) is 4.82. The lowest BCUT2D eigenvalue weighted by molar-refractivity contribution is 0.323. The molecule has 1 aromatic heterocycles. The van der Waals surface area contributed by atoms with Gasteiger partial charge in [0.25, 0.3) is 0 Å². The van der Waals surface area contributed by atoms with Crippen LogP contribution in [0.5, 0.6) is 0 Å². The normalized spacial score (nSPS) is 24.0. The lowest BCUT2D eigenvalue weighted by Gasteiger charge is -2.12. The molecule has 1 aromatic rings. The predicted molar refractivity (Wildman–Crippen MR) is 55.0 cm³/mol. The highest BCUT2D eigenvalue weighted by Crippen LogP contribution is 2.18. The molecule has 5 heteroatoms. The van der Waals surface area contributed by atoms with Crippen LogP contribution in [-0.4, -0.2) is 29.0 Å². The Morgan fingerprint density at radius 1 is 1.77 bits per heavy atom. The van der Waals surface area contributed by atoms with Gasteiger partial charge in [0.2, 0.25) is 0 Å².